The summed E-state index contributed by atoms with van der Waals surface area (Å²) < 4.78 is 4.77. The molecule has 0 aromatic carbocycles. The van der Waals surface area contributed by atoms with Crippen LogP contribution in [0.4, 0.5) is 0 Å². The maximum absolute atomic E-state index is 11.3. The molecule has 2 aliphatic rings. The van der Waals surface area contributed by atoms with Crippen molar-refractivity contribution in [2.24, 2.45) is 17.1 Å². The highest BCUT2D eigenvalue weighted by Gasteiger charge is 2.45. The first kappa shape index (κ1) is 12.8. The molecular formula is C11H20ClNO2. The zero-order chi connectivity index (χ0) is 10.2. The molecule has 0 aromatic heterocycles. The topological polar surface area (TPSA) is 52.3 Å². The number of halogens is 1. The lowest BCUT2D eigenvalue weighted by atomic mass is 9.57. The summed E-state index contributed by atoms with van der Waals surface area (Å²) >= 11 is 0. The SMILES string of the molecule is COC(=O)C1CCC2(CC1)CC(N)C2.Cl. The standard InChI is InChI=1S/C11H19NO2.ClH/c1-14-10(13)8-2-4-11(5-3-8)6-9(12)7-11;/h8-9H,2-7,12H2,1H3;1H. The second-order valence-corrected chi connectivity index (χ2v) is 4.97. The second kappa shape index (κ2) is 4.71. The molecule has 2 N–H and O–H groups in total. The molecule has 0 bridgehead atoms. The molecular weight excluding hydrogens is 214 g/mol. The van der Waals surface area contributed by atoms with Crippen molar-refractivity contribution in [1.82, 2.24) is 0 Å². The molecule has 2 fully saturated rings. The van der Waals surface area contributed by atoms with Crippen molar-refractivity contribution < 1.29 is 9.53 Å². The van der Waals surface area contributed by atoms with Crippen LogP contribution >= 0.6 is 12.4 Å². The van der Waals surface area contributed by atoms with E-state index < -0.39 is 0 Å². The van der Waals surface area contributed by atoms with Gasteiger partial charge in [0.1, 0.15) is 0 Å². The van der Waals surface area contributed by atoms with Crippen LogP contribution in [0.25, 0.3) is 0 Å². The summed E-state index contributed by atoms with van der Waals surface area (Å²) in [5.41, 5.74) is 6.32. The number of methoxy groups -OCH3 is 1. The predicted octanol–water partition coefficient (Wildman–Crippen LogP) is 1.88. The summed E-state index contributed by atoms with van der Waals surface area (Å²) in [4.78, 5) is 11.3. The lowest BCUT2D eigenvalue weighted by molar-refractivity contribution is -0.148. The molecule has 1 spiro atoms. The maximum Gasteiger partial charge on any atom is 0.308 e. The van der Waals surface area contributed by atoms with E-state index in [1.54, 1.807) is 0 Å². The van der Waals surface area contributed by atoms with Crippen LogP contribution in [-0.2, 0) is 9.53 Å². The third-order valence-electron chi connectivity index (χ3n) is 3.97. The molecule has 0 aliphatic heterocycles. The Hall–Kier alpha value is -0.280. The Labute approximate surface area is 97.1 Å². The first-order valence-electron chi connectivity index (χ1n) is 5.49. The number of hydrogen-bond donors (Lipinski definition) is 1. The minimum atomic E-state index is -0.0246. The van der Waals surface area contributed by atoms with Gasteiger partial charge in [0.15, 0.2) is 0 Å². The van der Waals surface area contributed by atoms with Crippen LogP contribution in [0.3, 0.4) is 0 Å². The molecule has 88 valence electrons. The van der Waals surface area contributed by atoms with Gasteiger partial charge in [-0.05, 0) is 43.9 Å². The number of esters is 1. The Morgan fingerprint density at radius 2 is 1.87 bits per heavy atom. The normalized spacial score (nSPS) is 39.1. The second-order valence-electron chi connectivity index (χ2n) is 4.97. The molecule has 0 amide bonds. The summed E-state index contributed by atoms with van der Waals surface area (Å²) in [7, 11) is 1.48. The molecule has 2 rings (SSSR count). The largest absolute Gasteiger partial charge is 0.469 e. The van der Waals surface area contributed by atoms with Crippen molar-refractivity contribution in [1.29, 1.82) is 0 Å². The number of nitrogens with two attached hydrogens (primary N) is 1. The van der Waals surface area contributed by atoms with Crippen molar-refractivity contribution in [3.8, 4) is 0 Å². The van der Waals surface area contributed by atoms with Crippen LogP contribution in [0.2, 0.25) is 0 Å². The Bertz CT molecular complexity index is 229. The van der Waals surface area contributed by atoms with Gasteiger partial charge in [-0.2, -0.15) is 0 Å². The fourth-order valence-corrected chi connectivity index (χ4v) is 3.09. The van der Waals surface area contributed by atoms with E-state index in [1.807, 2.05) is 0 Å². The Morgan fingerprint density at radius 1 is 1.33 bits per heavy atom. The van der Waals surface area contributed by atoms with E-state index in [-0.39, 0.29) is 24.3 Å². The average Bonchev–Trinajstić information content (AvgIpc) is 2.16. The molecule has 2 aliphatic carbocycles. The van der Waals surface area contributed by atoms with E-state index in [2.05, 4.69) is 0 Å². The van der Waals surface area contributed by atoms with Gasteiger partial charge in [-0.3, -0.25) is 4.79 Å². The molecule has 0 saturated heterocycles. The van der Waals surface area contributed by atoms with E-state index in [0.29, 0.717) is 11.5 Å². The van der Waals surface area contributed by atoms with Gasteiger partial charge in [-0.1, -0.05) is 0 Å². The van der Waals surface area contributed by atoms with Crippen LogP contribution in [0.15, 0.2) is 0 Å². The lowest BCUT2D eigenvalue weighted by Crippen LogP contribution is -2.48. The van der Waals surface area contributed by atoms with Gasteiger partial charge in [-0.15, -0.1) is 12.4 Å². The van der Waals surface area contributed by atoms with Gasteiger partial charge in [0.25, 0.3) is 0 Å². The van der Waals surface area contributed by atoms with Crippen molar-refractivity contribution >= 4 is 18.4 Å². The van der Waals surface area contributed by atoms with E-state index in [0.717, 1.165) is 12.8 Å². The van der Waals surface area contributed by atoms with Crippen LogP contribution < -0.4 is 5.73 Å². The van der Waals surface area contributed by atoms with Gasteiger partial charge < -0.3 is 10.5 Å². The monoisotopic (exact) mass is 233 g/mol. The third kappa shape index (κ3) is 2.45. The number of carbonyl (C=O) groups excluding carboxylic acids is 1. The fourth-order valence-electron chi connectivity index (χ4n) is 3.09. The molecule has 4 heteroatoms. The zero-order valence-corrected chi connectivity index (χ0v) is 10.0. The average molecular weight is 234 g/mol. The van der Waals surface area contributed by atoms with Crippen LogP contribution in [-0.4, -0.2) is 19.1 Å². The Kier molecular flexibility index (Phi) is 4.01. The smallest absolute Gasteiger partial charge is 0.308 e. The highest BCUT2D eigenvalue weighted by atomic mass is 35.5. The number of ether oxygens (including phenoxy) is 1. The Morgan fingerprint density at radius 3 is 2.27 bits per heavy atom. The highest BCUT2D eigenvalue weighted by Crippen LogP contribution is 2.52. The molecule has 0 radical (unpaired) electrons. The first-order chi connectivity index (χ1) is 6.65. The summed E-state index contributed by atoms with van der Waals surface area (Å²) in [5.74, 6) is 0.130. The van der Waals surface area contributed by atoms with Gasteiger partial charge in [0.05, 0.1) is 13.0 Å². The van der Waals surface area contributed by atoms with Gasteiger partial charge >= 0.3 is 5.97 Å². The van der Waals surface area contributed by atoms with Crippen molar-refractivity contribution in [2.75, 3.05) is 7.11 Å². The van der Waals surface area contributed by atoms with E-state index >= 15 is 0 Å². The molecule has 3 nitrogen and oxygen atoms in total. The molecule has 0 aromatic rings. The predicted molar refractivity (Wildman–Crippen MR) is 60.9 cm³/mol. The van der Waals surface area contributed by atoms with E-state index in [4.69, 9.17) is 10.5 Å². The minimum absolute atomic E-state index is 0. The van der Waals surface area contributed by atoms with Crippen molar-refractivity contribution in [3.05, 3.63) is 0 Å². The van der Waals surface area contributed by atoms with Crippen LogP contribution in [0.5, 0.6) is 0 Å². The quantitative estimate of drug-likeness (QED) is 0.704. The number of carbonyl (C=O) groups is 1. The van der Waals surface area contributed by atoms with Crippen LogP contribution in [0.1, 0.15) is 38.5 Å². The molecule has 0 heterocycles. The molecule has 0 atom stereocenters. The number of hydrogen-bond acceptors (Lipinski definition) is 3. The van der Waals surface area contributed by atoms with Crippen LogP contribution in [0, 0.1) is 11.3 Å². The highest BCUT2D eigenvalue weighted by molar-refractivity contribution is 5.85. The van der Waals surface area contributed by atoms with Crippen molar-refractivity contribution in [3.63, 3.8) is 0 Å². The lowest BCUT2D eigenvalue weighted by Gasteiger charge is -2.50. The van der Waals surface area contributed by atoms with E-state index in [1.165, 1.54) is 32.8 Å². The minimum Gasteiger partial charge on any atom is -0.469 e. The summed E-state index contributed by atoms with van der Waals surface area (Å²) in [6.45, 7) is 0. The molecule has 2 saturated carbocycles. The molecule has 15 heavy (non-hydrogen) atoms. The van der Waals surface area contributed by atoms with E-state index in [9.17, 15) is 4.79 Å². The summed E-state index contributed by atoms with van der Waals surface area (Å²) in [6.07, 6.45) is 6.67. The summed E-state index contributed by atoms with van der Waals surface area (Å²) in [6, 6.07) is 0.421. The van der Waals surface area contributed by atoms with Gasteiger partial charge in [-0.25, -0.2) is 0 Å². The van der Waals surface area contributed by atoms with Gasteiger partial charge in [0.2, 0.25) is 0 Å². The van der Waals surface area contributed by atoms with Gasteiger partial charge in [0, 0.05) is 6.04 Å². The molecule has 0 unspecified atom stereocenters. The first-order valence-corrected chi connectivity index (χ1v) is 5.49. The Balaban J connectivity index is 0.00000112. The fraction of sp³-hybridized carbons (Fsp3) is 0.909. The maximum atomic E-state index is 11.3. The van der Waals surface area contributed by atoms with Crippen molar-refractivity contribution in [2.45, 2.75) is 44.6 Å². The zero-order valence-electron chi connectivity index (χ0n) is 9.20. The third-order valence-corrected chi connectivity index (χ3v) is 3.97. The summed E-state index contributed by atoms with van der Waals surface area (Å²) in [5, 5.41) is 0. The number of rotatable bonds is 1.